The van der Waals surface area contributed by atoms with Gasteiger partial charge >= 0.3 is 0 Å². The minimum atomic E-state index is -0.190. The van der Waals surface area contributed by atoms with Gasteiger partial charge in [0, 0.05) is 6.04 Å². The van der Waals surface area contributed by atoms with Crippen molar-refractivity contribution in [2.45, 2.75) is 31.7 Å². The molecule has 21 heavy (non-hydrogen) atoms. The average molecular weight is 348 g/mol. The van der Waals surface area contributed by atoms with E-state index < -0.39 is 0 Å². The van der Waals surface area contributed by atoms with Gasteiger partial charge in [0.05, 0.1) is 4.47 Å². The predicted molar refractivity (Wildman–Crippen MR) is 88.0 cm³/mol. The first-order valence-electron chi connectivity index (χ1n) is 7.45. The van der Waals surface area contributed by atoms with Crippen LogP contribution in [0.1, 0.15) is 42.0 Å². The van der Waals surface area contributed by atoms with E-state index in [2.05, 4.69) is 52.4 Å². The molecule has 0 saturated heterocycles. The lowest BCUT2D eigenvalue weighted by Gasteiger charge is -2.33. The summed E-state index contributed by atoms with van der Waals surface area (Å²) in [6.45, 7) is 2.98. The minimum absolute atomic E-state index is 0.190. The van der Waals surface area contributed by atoms with Gasteiger partial charge in [0.1, 0.15) is 5.82 Å². The van der Waals surface area contributed by atoms with Gasteiger partial charge in [-0.1, -0.05) is 37.3 Å². The maximum absolute atomic E-state index is 13.8. The van der Waals surface area contributed by atoms with Crippen LogP contribution in [0.15, 0.2) is 46.9 Å². The Kier molecular flexibility index (Phi) is 4.41. The summed E-state index contributed by atoms with van der Waals surface area (Å²) in [5, 5.41) is 3.49. The third-order valence-corrected chi connectivity index (χ3v) is 4.92. The average Bonchev–Trinajstić information content (AvgIpc) is 2.46. The number of hydrogen-bond acceptors (Lipinski definition) is 1. The van der Waals surface area contributed by atoms with Crippen molar-refractivity contribution in [3.63, 3.8) is 0 Å². The lowest BCUT2D eigenvalue weighted by atomic mass is 9.74. The Hall–Kier alpha value is -1.19. The molecule has 0 bridgehead atoms. The molecule has 0 fully saturated rings. The van der Waals surface area contributed by atoms with E-state index in [0.717, 1.165) is 24.9 Å². The van der Waals surface area contributed by atoms with E-state index in [1.807, 2.05) is 6.07 Å². The maximum atomic E-state index is 13.8. The number of rotatable bonds is 5. The van der Waals surface area contributed by atoms with Gasteiger partial charge in [-0.15, -0.1) is 0 Å². The molecule has 1 nitrogen and oxygen atoms in total. The van der Waals surface area contributed by atoms with Gasteiger partial charge in [-0.25, -0.2) is 4.39 Å². The molecule has 0 aliphatic heterocycles. The van der Waals surface area contributed by atoms with Crippen molar-refractivity contribution in [3.05, 3.63) is 69.4 Å². The third kappa shape index (κ3) is 3.04. The van der Waals surface area contributed by atoms with Gasteiger partial charge in [-0.2, -0.15) is 0 Å². The zero-order chi connectivity index (χ0) is 14.8. The summed E-state index contributed by atoms with van der Waals surface area (Å²) in [5.41, 5.74) is 3.94. The van der Waals surface area contributed by atoms with Crippen LogP contribution in [0.2, 0.25) is 0 Å². The molecule has 3 heteroatoms. The van der Waals surface area contributed by atoms with Crippen molar-refractivity contribution >= 4 is 15.9 Å². The topological polar surface area (TPSA) is 12.0 Å². The number of fused-ring (bicyclic) bond motifs is 1. The summed E-state index contributed by atoms with van der Waals surface area (Å²) in [4.78, 5) is 0. The highest BCUT2D eigenvalue weighted by Crippen LogP contribution is 2.40. The van der Waals surface area contributed by atoms with Crippen LogP contribution in [0.5, 0.6) is 0 Å². The van der Waals surface area contributed by atoms with Crippen LogP contribution in [0.3, 0.4) is 0 Å². The molecule has 110 valence electrons. The van der Waals surface area contributed by atoms with E-state index >= 15 is 0 Å². The number of nitrogens with one attached hydrogen (secondary N) is 1. The molecule has 0 heterocycles. The van der Waals surface area contributed by atoms with Crippen LogP contribution in [0.4, 0.5) is 4.39 Å². The van der Waals surface area contributed by atoms with Crippen molar-refractivity contribution in [2.24, 2.45) is 0 Å². The van der Waals surface area contributed by atoms with Crippen molar-refractivity contribution in [1.82, 2.24) is 5.32 Å². The highest BCUT2D eigenvalue weighted by atomic mass is 79.9. The number of hydrogen-bond donors (Lipinski definition) is 1. The summed E-state index contributed by atoms with van der Waals surface area (Å²) in [7, 11) is 0. The van der Waals surface area contributed by atoms with E-state index in [1.165, 1.54) is 11.1 Å². The molecule has 0 radical (unpaired) electrons. The fourth-order valence-electron chi connectivity index (χ4n) is 3.17. The van der Waals surface area contributed by atoms with Gasteiger partial charge in [0.15, 0.2) is 0 Å². The Morgan fingerprint density at radius 1 is 1.29 bits per heavy atom. The smallest absolute Gasteiger partial charge is 0.137 e. The van der Waals surface area contributed by atoms with E-state index in [-0.39, 0.29) is 11.9 Å². The highest BCUT2D eigenvalue weighted by Gasteiger charge is 2.28. The molecule has 0 aromatic heterocycles. The van der Waals surface area contributed by atoms with Gasteiger partial charge < -0.3 is 5.32 Å². The summed E-state index contributed by atoms with van der Waals surface area (Å²) in [5.74, 6) is 0.390. The van der Waals surface area contributed by atoms with Crippen LogP contribution in [-0.2, 0) is 6.42 Å². The largest absolute Gasteiger partial charge is 0.310 e. The predicted octanol–water partition coefficient (Wildman–Crippen LogP) is 4.97. The Bertz CT molecular complexity index is 641. The minimum Gasteiger partial charge on any atom is -0.310 e. The van der Waals surface area contributed by atoms with Crippen molar-refractivity contribution < 1.29 is 4.39 Å². The van der Waals surface area contributed by atoms with E-state index in [1.54, 1.807) is 12.1 Å². The SMILES string of the molecule is CCNC(CC1Cc2ccccc21)c1ccc(Br)c(F)c1. The molecule has 3 rings (SSSR count). The normalized spacial score (nSPS) is 18.0. The van der Waals surface area contributed by atoms with Crippen LogP contribution in [0, 0.1) is 5.82 Å². The van der Waals surface area contributed by atoms with Crippen LogP contribution in [0.25, 0.3) is 0 Å². The molecule has 2 aromatic carbocycles. The summed E-state index contributed by atoms with van der Waals surface area (Å²) < 4.78 is 14.3. The monoisotopic (exact) mass is 347 g/mol. The zero-order valence-corrected chi connectivity index (χ0v) is 13.7. The first kappa shape index (κ1) is 14.7. The summed E-state index contributed by atoms with van der Waals surface area (Å²) >= 11 is 3.22. The Labute approximate surface area is 133 Å². The van der Waals surface area contributed by atoms with Crippen molar-refractivity contribution in [1.29, 1.82) is 0 Å². The second-order valence-corrected chi connectivity index (χ2v) is 6.47. The number of halogens is 2. The third-order valence-electron chi connectivity index (χ3n) is 4.28. The van der Waals surface area contributed by atoms with Gasteiger partial charge in [-0.05, 0) is 70.1 Å². The summed E-state index contributed by atoms with van der Waals surface area (Å²) in [6, 6.07) is 14.3. The molecule has 2 unspecified atom stereocenters. The maximum Gasteiger partial charge on any atom is 0.137 e. The molecule has 2 atom stereocenters. The first-order chi connectivity index (χ1) is 10.2. The van der Waals surface area contributed by atoms with Gasteiger partial charge in [-0.3, -0.25) is 0 Å². The van der Waals surface area contributed by atoms with E-state index in [0.29, 0.717) is 10.4 Å². The molecule has 1 aliphatic rings. The first-order valence-corrected chi connectivity index (χ1v) is 8.24. The van der Waals surface area contributed by atoms with Gasteiger partial charge in [0.25, 0.3) is 0 Å². The quantitative estimate of drug-likeness (QED) is 0.805. The Balaban J connectivity index is 1.78. The molecular formula is C18H19BrFN. The number of benzene rings is 2. The van der Waals surface area contributed by atoms with Gasteiger partial charge in [0.2, 0.25) is 0 Å². The Morgan fingerprint density at radius 2 is 2.10 bits per heavy atom. The van der Waals surface area contributed by atoms with Crippen molar-refractivity contribution in [3.8, 4) is 0 Å². The second-order valence-electron chi connectivity index (χ2n) is 5.62. The van der Waals surface area contributed by atoms with Crippen LogP contribution < -0.4 is 5.32 Å². The molecule has 2 aromatic rings. The van der Waals surface area contributed by atoms with Crippen molar-refractivity contribution in [2.75, 3.05) is 6.54 Å². The van der Waals surface area contributed by atoms with E-state index in [4.69, 9.17) is 0 Å². The second kappa shape index (κ2) is 6.29. The lowest BCUT2D eigenvalue weighted by Crippen LogP contribution is -2.27. The molecular weight excluding hydrogens is 329 g/mol. The fraction of sp³-hybridized carbons (Fsp3) is 0.333. The fourth-order valence-corrected chi connectivity index (χ4v) is 3.42. The molecule has 0 saturated carbocycles. The Morgan fingerprint density at radius 3 is 2.81 bits per heavy atom. The van der Waals surface area contributed by atoms with Crippen LogP contribution in [-0.4, -0.2) is 6.54 Å². The van der Waals surface area contributed by atoms with E-state index in [9.17, 15) is 4.39 Å². The molecule has 0 amide bonds. The molecule has 1 N–H and O–H groups in total. The molecule has 0 spiro atoms. The molecule has 1 aliphatic carbocycles. The summed E-state index contributed by atoms with van der Waals surface area (Å²) in [6.07, 6.45) is 2.16. The van der Waals surface area contributed by atoms with Crippen LogP contribution >= 0.6 is 15.9 Å². The zero-order valence-electron chi connectivity index (χ0n) is 12.1. The highest BCUT2D eigenvalue weighted by molar-refractivity contribution is 9.10. The standard InChI is InChI=1S/C18H19BrFN/c1-2-21-18(13-7-8-16(19)17(20)10-13)11-14-9-12-5-3-4-6-15(12)14/h3-8,10,14,18,21H,2,9,11H2,1H3. The lowest BCUT2D eigenvalue weighted by molar-refractivity contribution is 0.434.